The highest BCUT2D eigenvalue weighted by Crippen LogP contribution is 2.07. The highest BCUT2D eigenvalue weighted by molar-refractivity contribution is 4.97. The molecule has 1 heterocycles. The van der Waals surface area contributed by atoms with E-state index in [-0.39, 0.29) is 0 Å². The van der Waals surface area contributed by atoms with Crippen LogP contribution in [-0.2, 0) is 13.0 Å². The van der Waals surface area contributed by atoms with Crippen LogP contribution in [0.2, 0.25) is 0 Å². The lowest BCUT2D eigenvalue weighted by Gasteiger charge is -2.04. The number of aryl methyl sites for hydroxylation is 2. The second-order valence-electron chi connectivity index (χ2n) is 5.61. The number of nitrogens with zero attached hydrogens (tertiary/aromatic N) is 1. The van der Waals surface area contributed by atoms with E-state index in [1.807, 2.05) is 0 Å². The third kappa shape index (κ3) is 7.34. The Kier molecular flexibility index (Phi) is 9.40. The smallest absolute Gasteiger partial charge is 0.181 e. The van der Waals surface area contributed by atoms with Crippen molar-refractivity contribution in [3.05, 3.63) is 30.1 Å². The van der Waals surface area contributed by atoms with Gasteiger partial charge in [0.1, 0.15) is 6.54 Å². The standard InChI is InChI=1S/C18H32N/c1-3-5-7-8-9-10-12-16-19-17-13-11-15-18(19)14-6-4-2/h11,13,15,17H,3-10,12,14,16H2,1-2H3/q+1. The molecule has 1 rings (SSSR count). The van der Waals surface area contributed by atoms with E-state index in [0.29, 0.717) is 0 Å². The van der Waals surface area contributed by atoms with Crippen molar-refractivity contribution in [1.29, 1.82) is 0 Å². The summed E-state index contributed by atoms with van der Waals surface area (Å²) in [4.78, 5) is 0. The second kappa shape index (κ2) is 11.0. The first-order valence-corrected chi connectivity index (χ1v) is 8.35. The molecule has 0 N–H and O–H groups in total. The Morgan fingerprint density at radius 3 is 2.21 bits per heavy atom. The fraction of sp³-hybridized carbons (Fsp3) is 0.722. The van der Waals surface area contributed by atoms with E-state index < -0.39 is 0 Å². The molecule has 0 saturated carbocycles. The van der Waals surface area contributed by atoms with Gasteiger partial charge in [0.15, 0.2) is 11.9 Å². The zero-order valence-corrected chi connectivity index (χ0v) is 13.0. The van der Waals surface area contributed by atoms with E-state index in [1.165, 1.54) is 76.4 Å². The fourth-order valence-corrected chi connectivity index (χ4v) is 2.55. The van der Waals surface area contributed by atoms with E-state index >= 15 is 0 Å². The summed E-state index contributed by atoms with van der Waals surface area (Å²) < 4.78 is 2.46. The summed E-state index contributed by atoms with van der Waals surface area (Å²) in [7, 11) is 0. The summed E-state index contributed by atoms with van der Waals surface area (Å²) in [6.07, 6.45) is 15.8. The van der Waals surface area contributed by atoms with Crippen molar-refractivity contribution in [2.24, 2.45) is 0 Å². The molecule has 0 spiro atoms. The average Bonchev–Trinajstić information content (AvgIpc) is 2.45. The molecule has 0 aliphatic carbocycles. The molecule has 0 aliphatic heterocycles. The van der Waals surface area contributed by atoms with E-state index in [0.717, 1.165) is 0 Å². The summed E-state index contributed by atoms with van der Waals surface area (Å²) in [5.41, 5.74) is 1.51. The molecule has 108 valence electrons. The van der Waals surface area contributed by atoms with Gasteiger partial charge < -0.3 is 0 Å². The van der Waals surface area contributed by atoms with Crippen LogP contribution >= 0.6 is 0 Å². The molecular formula is C18H32N+. The molecule has 19 heavy (non-hydrogen) atoms. The summed E-state index contributed by atoms with van der Waals surface area (Å²) in [6, 6.07) is 6.62. The van der Waals surface area contributed by atoms with Gasteiger partial charge in [-0.2, -0.15) is 0 Å². The topological polar surface area (TPSA) is 3.88 Å². The van der Waals surface area contributed by atoms with Gasteiger partial charge in [-0.1, -0.05) is 58.4 Å². The van der Waals surface area contributed by atoms with Gasteiger partial charge in [0.05, 0.1) is 0 Å². The first-order valence-electron chi connectivity index (χ1n) is 8.35. The van der Waals surface area contributed by atoms with Crippen LogP contribution in [0.3, 0.4) is 0 Å². The SMILES string of the molecule is CCCCCCCCC[n+]1ccccc1CCCC. The van der Waals surface area contributed by atoms with Gasteiger partial charge in [-0.3, -0.25) is 0 Å². The van der Waals surface area contributed by atoms with Crippen LogP contribution in [0.15, 0.2) is 24.4 Å². The minimum atomic E-state index is 1.20. The van der Waals surface area contributed by atoms with Crippen LogP contribution in [0, 0.1) is 0 Å². The molecule has 0 aromatic carbocycles. The Hall–Kier alpha value is -0.850. The maximum absolute atomic E-state index is 2.46. The highest BCUT2D eigenvalue weighted by Gasteiger charge is 2.07. The third-order valence-electron chi connectivity index (χ3n) is 3.82. The molecule has 0 saturated heterocycles. The van der Waals surface area contributed by atoms with Crippen molar-refractivity contribution >= 4 is 0 Å². The Balaban J connectivity index is 2.21. The minimum absolute atomic E-state index is 1.20. The molecule has 1 aromatic heterocycles. The molecule has 1 nitrogen and oxygen atoms in total. The van der Waals surface area contributed by atoms with Gasteiger partial charge in [-0.15, -0.1) is 0 Å². The van der Waals surface area contributed by atoms with Gasteiger partial charge in [0, 0.05) is 25.0 Å². The van der Waals surface area contributed by atoms with Crippen LogP contribution in [-0.4, -0.2) is 0 Å². The molecule has 0 unspecified atom stereocenters. The average molecular weight is 262 g/mol. The molecule has 0 fully saturated rings. The Morgan fingerprint density at radius 2 is 1.47 bits per heavy atom. The molecular weight excluding hydrogens is 230 g/mol. The van der Waals surface area contributed by atoms with Gasteiger partial charge in [0.25, 0.3) is 0 Å². The molecule has 1 heteroatoms. The number of unbranched alkanes of at least 4 members (excludes halogenated alkanes) is 7. The van der Waals surface area contributed by atoms with Crippen molar-refractivity contribution in [3.8, 4) is 0 Å². The zero-order valence-electron chi connectivity index (χ0n) is 13.0. The number of rotatable bonds is 11. The van der Waals surface area contributed by atoms with Crippen molar-refractivity contribution in [1.82, 2.24) is 0 Å². The van der Waals surface area contributed by atoms with Crippen LogP contribution in [0.5, 0.6) is 0 Å². The van der Waals surface area contributed by atoms with Gasteiger partial charge in [-0.05, 0) is 12.8 Å². The Morgan fingerprint density at radius 1 is 0.789 bits per heavy atom. The minimum Gasteiger partial charge on any atom is -0.202 e. The first-order chi connectivity index (χ1) is 9.38. The fourth-order valence-electron chi connectivity index (χ4n) is 2.55. The number of hydrogen-bond donors (Lipinski definition) is 0. The Labute approximate surface area is 120 Å². The lowest BCUT2D eigenvalue weighted by atomic mass is 10.1. The van der Waals surface area contributed by atoms with Crippen molar-refractivity contribution < 1.29 is 4.57 Å². The largest absolute Gasteiger partial charge is 0.202 e. The van der Waals surface area contributed by atoms with Gasteiger partial charge >= 0.3 is 0 Å². The van der Waals surface area contributed by atoms with Gasteiger partial charge in [-0.25, -0.2) is 4.57 Å². The zero-order chi connectivity index (χ0) is 13.8. The summed E-state index contributed by atoms with van der Waals surface area (Å²) >= 11 is 0. The maximum Gasteiger partial charge on any atom is 0.181 e. The quantitative estimate of drug-likeness (QED) is 0.387. The molecule has 1 aromatic rings. The summed E-state index contributed by atoms with van der Waals surface area (Å²) in [6.45, 7) is 5.75. The lowest BCUT2D eigenvalue weighted by Crippen LogP contribution is -2.37. The third-order valence-corrected chi connectivity index (χ3v) is 3.82. The van der Waals surface area contributed by atoms with Crippen LogP contribution in [0.4, 0.5) is 0 Å². The van der Waals surface area contributed by atoms with Crippen molar-refractivity contribution in [2.75, 3.05) is 0 Å². The molecule has 0 amide bonds. The van der Waals surface area contributed by atoms with Crippen LogP contribution in [0.25, 0.3) is 0 Å². The molecule has 0 aliphatic rings. The molecule has 0 radical (unpaired) electrons. The second-order valence-corrected chi connectivity index (χ2v) is 5.61. The normalized spacial score (nSPS) is 10.8. The molecule has 0 atom stereocenters. The highest BCUT2D eigenvalue weighted by atomic mass is 14.9. The predicted octanol–water partition coefficient (Wildman–Crippen LogP) is 5.07. The van der Waals surface area contributed by atoms with Gasteiger partial charge in [0.2, 0.25) is 0 Å². The number of pyridine rings is 1. The maximum atomic E-state index is 2.46. The first kappa shape index (κ1) is 16.2. The van der Waals surface area contributed by atoms with E-state index in [9.17, 15) is 0 Å². The molecule has 0 bridgehead atoms. The van der Waals surface area contributed by atoms with E-state index in [1.54, 1.807) is 0 Å². The Bertz CT molecular complexity index is 319. The van der Waals surface area contributed by atoms with Crippen LogP contribution < -0.4 is 4.57 Å². The van der Waals surface area contributed by atoms with Crippen molar-refractivity contribution in [2.45, 2.75) is 84.6 Å². The van der Waals surface area contributed by atoms with Crippen molar-refractivity contribution in [3.63, 3.8) is 0 Å². The number of hydrogen-bond acceptors (Lipinski definition) is 0. The summed E-state index contributed by atoms with van der Waals surface area (Å²) in [5.74, 6) is 0. The van der Waals surface area contributed by atoms with E-state index in [4.69, 9.17) is 0 Å². The monoisotopic (exact) mass is 262 g/mol. The summed E-state index contributed by atoms with van der Waals surface area (Å²) in [5, 5.41) is 0. The lowest BCUT2D eigenvalue weighted by molar-refractivity contribution is -0.704. The number of aromatic nitrogens is 1. The van der Waals surface area contributed by atoms with E-state index in [2.05, 4.69) is 42.8 Å². The van der Waals surface area contributed by atoms with Crippen LogP contribution in [0.1, 0.15) is 77.3 Å². The predicted molar refractivity (Wildman–Crippen MR) is 83.2 cm³/mol.